The minimum atomic E-state index is -0.188. The number of hydrogen-bond acceptors (Lipinski definition) is 2. The highest BCUT2D eigenvalue weighted by Gasteiger charge is 2.28. The molecule has 1 unspecified atom stereocenters. The summed E-state index contributed by atoms with van der Waals surface area (Å²) in [4.78, 5) is 14.1. The Balaban J connectivity index is 1.65. The van der Waals surface area contributed by atoms with Crippen LogP contribution in [0.5, 0.6) is 0 Å². The van der Waals surface area contributed by atoms with Gasteiger partial charge in [-0.15, -0.1) is 0 Å². The molecule has 2 heterocycles. The Labute approximate surface area is 113 Å². The summed E-state index contributed by atoms with van der Waals surface area (Å²) in [6.07, 6.45) is 4.81. The summed E-state index contributed by atoms with van der Waals surface area (Å²) in [6, 6.07) is 10.4. The minimum Gasteiger partial charge on any atom is -0.368 e. The normalized spacial score (nSPS) is 23.3. The molecule has 1 saturated heterocycles. The van der Waals surface area contributed by atoms with Crippen molar-refractivity contribution in [2.45, 2.75) is 25.4 Å². The van der Waals surface area contributed by atoms with Crippen LogP contribution in [-0.4, -0.2) is 36.6 Å². The van der Waals surface area contributed by atoms with Crippen molar-refractivity contribution >= 4 is 11.5 Å². The Morgan fingerprint density at radius 2 is 2.11 bits per heavy atom. The van der Waals surface area contributed by atoms with Crippen LogP contribution in [0.1, 0.15) is 24.8 Å². The lowest BCUT2D eigenvalue weighted by atomic mass is 9.99. The number of hydrogen-bond donors (Lipinski definition) is 0. The first-order chi connectivity index (χ1) is 9.34. The van der Waals surface area contributed by atoms with Crippen LogP contribution in [0.25, 0.3) is 5.57 Å². The van der Waals surface area contributed by atoms with E-state index >= 15 is 0 Å². The third-order valence-corrected chi connectivity index (χ3v) is 3.87. The van der Waals surface area contributed by atoms with E-state index in [1.807, 2.05) is 11.0 Å². The molecule has 0 saturated carbocycles. The van der Waals surface area contributed by atoms with Gasteiger partial charge in [0.2, 0.25) is 0 Å². The SMILES string of the molecule is O=C(C1CCCO1)N1CC=C(c2ccccc2)CC1. The molecule has 1 aromatic rings. The highest BCUT2D eigenvalue weighted by Crippen LogP contribution is 2.23. The Bertz CT molecular complexity index is 475. The van der Waals surface area contributed by atoms with Crippen LogP contribution in [0.4, 0.5) is 0 Å². The second-order valence-corrected chi connectivity index (χ2v) is 5.13. The number of amides is 1. The van der Waals surface area contributed by atoms with Crippen molar-refractivity contribution in [3.05, 3.63) is 42.0 Å². The van der Waals surface area contributed by atoms with Gasteiger partial charge in [-0.2, -0.15) is 0 Å². The number of carbonyl (C=O) groups is 1. The van der Waals surface area contributed by atoms with Crippen molar-refractivity contribution < 1.29 is 9.53 Å². The van der Waals surface area contributed by atoms with Crippen molar-refractivity contribution in [2.24, 2.45) is 0 Å². The van der Waals surface area contributed by atoms with E-state index in [4.69, 9.17) is 4.74 Å². The zero-order valence-electron chi connectivity index (χ0n) is 11.0. The van der Waals surface area contributed by atoms with Gasteiger partial charge in [0.1, 0.15) is 6.10 Å². The van der Waals surface area contributed by atoms with Crippen LogP contribution in [0.15, 0.2) is 36.4 Å². The van der Waals surface area contributed by atoms with Gasteiger partial charge in [0.05, 0.1) is 0 Å². The largest absolute Gasteiger partial charge is 0.368 e. The van der Waals surface area contributed by atoms with Crippen molar-refractivity contribution in [1.29, 1.82) is 0 Å². The molecule has 100 valence electrons. The number of benzene rings is 1. The third-order valence-electron chi connectivity index (χ3n) is 3.87. The van der Waals surface area contributed by atoms with Gasteiger partial charge in [-0.3, -0.25) is 4.79 Å². The molecule has 1 amide bonds. The monoisotopic (exact) mass is 257 g/mol. The molecule has 0 N–H and O–H groups in total. The molecule has 3 rings (SSSR count). The standard InChI is InChI=1S/C16H19NO2/c18-16(15-7-4-12-19-15)17-10-8-14(9-11-17)13-5-2-1-3-6-13/h1-3,5-6,8,15H,4,7,9-12H2. The predicted molar refractivity (Wildman–Crippen MR) is 74.6 cm³/mol. The molecule has 0 aromatic heterocycles. The molecule has 19 heavy (non-hydrogen) atoms. The summed E-state index contributed by atoms with van der Waals surface area (Å²) in [5, 5.41) is 0. The fourth-order valence-electron chi connectivity index (χ4n) is 2.76. The molecule has 1 aromatic carbocycles. The summed E-state index contributed by atoms with van der Waals surface area (Å²) >= 11 is 0. The quantitative estimate of drug-likeness (QED) is 0.814. The molecule has 0 bridgehead atoms. The van der Waals surface area contributed by atoms with Crippen molar-refractivity contribution in [1.82, 2.24) is 4.90 Å². The highest BCUT2D eigenvalue weighted by atomic mass is 16.5. The average Bonchev–Trinajstić information content (AvgIpc) is 3.02. The van der Waals surface area contributed by atoms with Gasteiger partial charge in [-0.05, 0) is 30.4 Å². The summed E-state index contributed by atoms with van der Waals surface area (Å²) in [5.41, 5.74) is 2.61. The first-order valence-electron chi connectivity index (χ1n) is 6.99. The van der Waals surface area contributed by atoms with Crippen LogP contribution < -0.4 is 0 Å². The van der Waals surface area contributed by atoms with Gasteiger partial charge in [-0.1, -0.05) is 36.4 Å². The highest BCUT2D eigenvalue weighted by molar-refractivity contribution is 5.82. The van der Waals surface area contributed by atoms with E-state index in [2.05, 4.69) is 30.3 Å². The van der Waals surface area contributed by atoms with Gasteiger partial charge in [-0.25, -0.2) is 0 Å². The number of rotatable bonds is 2. The molecule has 0 aliphatic carbocycles. The maximum atomic E-state index is 12.2. The first-order valence-corrected chi connectivity index (χ1v) is 6.99. The zero-order chi connectivity index (χ0) is 13.1. The Morgan fingerprint density at radius 3 is 2.74 bits per heavy atom. The minimum absolute atomic E-state index is 0.167. The van der Waals surface area contributed by atoms with Crippen molar-refractivity contribution in [3.63, 3.8) is 0 Å². The Kier molecular flexibility index (Phi) is 3.65. The number of ether oxygens (including phenoxy) is 1. The second kappa shape index (κ2) is 5.57. The zero-order valence-corrected chi connectivity index (χ0v) is 11.0. The summed E-state index contributed by atoms with van der Waals surface area (Å²) in [6.45, 7) is 2.25. The molecule has 0 spiro atoms. The van der Waals surface area contributed by atoms with Crippen molar-refractivity contribution in [3.8, 4) is 0 Å². The molecule has 1 fully saturated rings. The third kappa shape index (κ3) is 2.71. The van der Waals surface area contributed by atoms with Crippen molar-refractivity contribution in [2.75, 3.05) is 19.7 Å². The molecular formula is C16H19NO2. The molecule has 1 atom stereocenters. The van der Waals surface area contributed by atoms with Gasteiger partial charge >= 0.3 is 0 Å². The molecule has 2 aliphatic rings. The molecule has 0 radical (unpaired) electrons. The maximum absolute atomic E-state index is 12.2. The van der Waals surface area contributed by atoms with E-state index in [9.17, 15) is 4.79 Å². The van der Waals surface area contributed by atoms with Crippen LogP contribution in [-0.2, 0) is 9.53 Å². The smallest absolute Gasteiger partial charge is 0.251 e. The summed E-state index contributed by atoms with van der Waals surface area (Å²) < 4.78 is 5.47. The van der Waals surface area contributed by atoms with Crippen LogP contribution in [0.3, 0.4) is 0 Å². The number of nitrogens with zero attached hydrogens (tertiary/aromatic N) is 1. The number of carbonyl (C=O) groups excluding carboxylic acids is 1. The van der Waals surface area contributed by atoms with E-state index < -0.39 is 0 Å². The van der Waals surface area contributed by atoms with E-state index in [0.717, 1.165) is 32.4 Å². The van der Waals surface area contributed by atoms with E-state index in [1.165, 1.54) is 11.1 Å². The lowest BCUT2D eigenvalue weighted by Gasteiger charge is -2.28. The van der Waals surface area contributed by atoms with Gasteiger partial charge < -0.3 is 9.64 Å². The lowest BCUT2D eigenvalue weighted by molar-refractivity contribution is -0.140. The van der Waals surface area contributed by atoms with E-state index in [-0.39, 0.29) is 12.0 Å². The topological polar surface area (TPSA) is 29.5 Å². The molecular weight excluding hydrogens is 238 g/mol. The predicted octanol–water partition coefficient (Wildman–Crippen LogP) is 2.48. The first kappa shape index (κ1) is 12.4. The maximum Gasteiger partial charge on any atom is 0.251 e. The van der Waals surface area contributed by atoms with E-state index in [0.29, 0.717) is 6.54 Å². The lowest BCUT2D eigenvalue weighted by Crippen LogP contribution is -2.41. The fraction of sp³-hybridized carbons (Fsp3) is 0.438. The Morgan fingerprint density at radius 1 is 1.26 bits per heavy atom. The van der Waals surface area contributed by atoms with Gasteiger partial charge in [0.25, 0.3) is 5.91 Å². The summed E-state index contributed by atoms with van der Waals surface area (Å²) in [5.74, 6) is 0.167. The van der Waals surface area contributed by atoms with E-state index in [1.54, 1.807) is 0 Å². The fourth-order valence-corrected chi connectivity index (χ4v) is 2.76. The van der Waals surface area contributed by atoms with Crippen LogP contribution >= 0.6 is 0 Å². The van der Waals surface area contributed by atoms with Gasteiger partial charge in [0.15, 0.2) is 0 Å². The second-order valence-electron chi connectivity index (χ2n) is 5.13. The van der Waals surface area contributed by atoms with Crippen LogP contribution in [0.2, 0.25) is 0 Å². The molecule has 2 aliphatic heterocycles. The van der Waals surface area contributed by atoms with Crippen LogP contribution in [0, 0.1) is 0 Å². The van der Waals surface area contributed by atoms with Gasteiger partial charge in [0, 0.05) is 19.7 Å². The molecule has 3 heteroatoms. The summed E-state index contributed by atoms with van der Waals surface area (Å²) in [7, 11) is 0. The average molecular weight is 257 g/mol. The Hall–Kier alpha value is -1.61. The molecule has 3 nitrogen and oxygen atoms in total.